The molecule has 4 nitrogen and oxygen atoms in total. The summed E-state index contributed by atoms with van der Waals surface area (Å²) in [6.45, 7) is 0. The van der Waals surface area contributed by atoms with Gasteiger partial charge >= 0.3 is 0 Å². The van der Waals surface area contributed by atoms with Crippen LogP contribution in [0.15, 0.2) is 30.5 Å². The first-order chi connectivity index (χ1) is 8.20. The summed E-state index contributed by atoms with van der Waals surface area (Å²) < 4.78 is 0. The van der Waals surface area contributed by atoms with E-state index in [0.717, 1.165) is 22.8 Å². The molecule has 0 atom stereocenters. The van der Waals surface area contributed by atoms with Crippen LogP contribution >= 0.6 is 0 Å². The minimum Gasteiger partial charge on any atom is -0.378 e. The first-order valence-electron chi connectivity index (χ1n) is 5.39. The maximum atomic E-state index is 8.59. The van der Waals surface area contributed by atoms with Crippen LogP contribution in [0.3, 0.4) is 0 Å². The summed E-state index contributed by atoms with van der Waals surface area (Å²) in [5.41, 5.74) is 3.02. The van der Waals surface area contributed by atoms with Crippen molar-refractivity contribution in [2.75, 3.05) is 19.0 Å². The number of rotatable bonds is 3. The summed E-state index contributed by atoms with van der Waals surface area (Å²) >= 11 is 0. The van der Waals surface area contributed by atoms with E-state index in [1.165, 1.54) is 0 Å². The average molecular weight is 226 g/mol. The minimum absolute atomic E-state index is 0.364. The number of nitrogens with zero attached hydrogens (tertiary/aromatic N) is 3. The van der Waals surface area contributed by atoms with E-state index in [0.29, 0.717) is 6.42 Å². The second kappa shape index (κ2) is 4.71. The third-order valence-corrected chi connectivity index (χ3v) is 2.56. The van der Waals surface area contributed by atoms with Crippen molar-refractivity contribution >= 4 is 5.69 Å². The molecule has 0 amide bonds. The molecule has 0 aliphatic rings. The molecule has 0 aliphatic heterocycles. The van der Waals surface area contributed by atoms with Crippen molar-refractivity contribution < 1.29 is 0 Å². The highest BCUT2D eigenvalue weighted by Gasteiger charge is 2.03. The number of hydrogen-bond acceptors (Lipinski definition) is 3. The fraction of sp³-hybridized carbons (Fsp3) is 0.231. The molecule has 0 bridgehead atoms. The molecular formula is C13H14N4. The molecule has 0 fully saturated rings. The summed E-state index contributed by atoms with van der Waals surface area (Å²) in [6.07, 6.45) is 2.07. The standard InChI is InChI=1S/C13H14N4/c1-17(2)12-5-3-10(4-6-12)13-15-9-11(16-13)7-8-14/h3-6,9H,7H2,1-2H3,(H,15,16). The molecular weight excluding hydrogens is 212 g/mol. The molecule has 0 saturated carbocycles. The van der Waals surface area contributed by atoms with E-state index >= 15 is 0 Å². The number of aromatic amines is 1. The van der Waals surface area contributed by atoms with E-state index in [4.69, 9.17) is 5.26 Å². The third kappa shape index (κ3) is 2.45. The number of benzene rings is 1. The number of aromatic nitrogens is 2. The van der Waals surface area contributed by atoms with E-state index < -0.39 is 0 Å². The van der Waals surface area contributed by atoms with Gasteiger partial charge in [0.1, 0.15) is 5.82 Å². The van der Waals surface area contributed by atoms with Gasteiger partial charge in [-0.05, 0) is 24.3 Å². The summed E-state index contributed by atoms with van der Waals surface area (Å²) in [6, 6.07) is 10.2. The van der Waals surface area contributed by atoms with Crippen LogP contribution in [-0.2, 0) is 6.42 Å². The normalized spacial score (nSPS) is 9.94. The fourth-order valence-corrected chi connectivity index (χ4v) is 1.60. The van der Waals surface area contributed by atoms with Gasteiger partial charge in [-0.3, -0.25) is 0 Å². The lowest BCUT2D eigenvalue weighted by molar-refractivity contribution is 1.13. The lowest BCUT2D eigenvalue weighted by atomic mass is 10.2. The molecule has 0 saturated heterocycles. The van der Waals surface area contributed by atoms with Gasteiger partial charge in [0.25, 0.3) is 0 Å². The Morgan fingerprint density at radius 2 is 2.00 bits per heavy atom. The van der Waals surface area contributed by atoms with Gasteiger partial charge in [-0.25, -0.2) is 4.98 Å². The van der Waals surface area contributed by atoms with Crippen LogP contribution in [0.4, 0.5) is 5.69 Å². The van der Waals surface area contributed by atoms with Crippen LogP contribution < -0.4 is 4.90 Å². The maximum Gasteiger partial charge on any atom is 0.137 e. The largest absolute Gasteiger partial charge is 0.378 e. The summed E-state index contributed by atoms with van der Waals surface area (Å²) in [5.74, 6) is 0.806. The Kier molecular flexibility index (Phi) is 3.10. The molecule has 4 heteroatoms. The topological polar surface area (TPSA) is 55.7 Å². The summed E-state index contributed by atoms with van der Waals surface area (Å²) in [7, 11) is 4.01. The van der Waals surface area contributed by atoms with E-state index in [2.05, 4.69) is 16.0 Å². The van der Waals surface area contributed by atoms with Crippen molar-refractivity contribution in [3.63, 3.8) is 0 Å². The molecule has 1 aromatic heterocycles. The summed E-state index contributed by atoms with van der Waals surface area (Å²) in [4.78, 5) is 9.44. The first kappa shape index (κ1) is 11.2. The van der Waals surface area contributed by atoms with Gasteiger partial charge in [0.2, 0.25) is 0 Å². The third-order valence-electron chi connectivity index (χ3n) is 2.56. The predicted molar refractivity (Wildman–Crippen MR) is 67.7 cm³/mol. The molecule has 17 heavy (non-hydrogen) atoms. The van der Waals surface area contributed by atoms with Crippen molar-refractivity contribution in [2.24, 2.45) is 0 Å². The molecule has 1 aromatic carbocycles. The quantitative estimate of drug-likeness (QED) is 0.873. The van der Waals surface area contributed by atoms with E-state index in [-0.39, 0.29) is 0 Å². The van der Waals surface area contributed by atoms with Crippen molar-refractivity contribution in [2.45, 2.75) is 6.42 Å². The zero-order valence-corrected chi connectivity index (χ0v) is 9.94. The average Bonchev–Trinajstić information content (AvgIpc) is 2.78. The molecule has 2 rings (SSSR count). The van der Waals surface area contributed by atoms with Crippen LogP contribution in [-0.4, -0.2) is 24.1 Å². The van der Waals surface area contributed by atoms with Crippen molar-refractivity contribution in [3.8, 4) is 17.5 Å². The van der Waals surface area contributed by atoms with Gasteiger partial charge in [-0.1, -0.05) is 0 Å². The van der Waals surface area contributed by atoms with Gasteiger partial charge in [0, 0.05) is 37.2 Å². The molecule has 86 valence electrons. The Bertz CT molecular complexity index is 531. The highest BCUT2D eigenvalue weighted by molar-refractivity contribution is 5.60. The highest BCUT2D eigenvalue weighted by Crippen LogP contribution is 2.19. The highest BCUT2D eigenvalue weighted by atomic mass is 15.1. The molecule has 0 spiro atoms. The molecule has 1 N–H and O–H groups in total. The molecule has 2 aromatic rings. The number of nitriles is 1. The Hall–Kier alpha value is -2.28. The van der Waals surface area contributed by atoms with E-state index in [9.17, 15) is 0 Å². The second-order valence-electron chi connectivity index (χ2n) is 4.03. The predicted octanol–water partition coefficient (Wildman–Crippen LogP) is 2.21. The van der Waals surface area contributed by atoms with Crippen LogP contribution in [0.25, 0.3) is 11.4 Å². The lowest BCUT2D eigenvalue weighted by Crippen LogP contribution is -2.07. The second-order valence-corrected chi connectivity index (χ2v) is 4.03. The zero-order chi connectivity index (χ0) is 12.3. The molecule has 0 aliphatic carbocycles. The monoisotopic (exact) mass is 226 g/mol. The zero-order valence-electron chi connectivity index (χ0n) is 9.94. The smallest absolute Gasteiger partial charge is 0.137 e. The van der Waals surface area contributed by atoms with Gasteiger partial charge in [0.05, 0.1) is 12.5 Å². The van der Waals surface area contributed by atoms with E-state index in [1.54, 1.807) is 6.20 Å². The van der Waals surface area contributed by atoms with Gasteiger partial charge in [-0.2, -0.15) is 5.26 Å². The van der Waals surface area contributed by atoms with Crippen LogP contribution in [0.1, 0.15) is 5.69 Å². The van der Waals surface area contributed by atoms with Crippen molar-refractivity contribution in [1.82, 2.24) is 9.97 Å². The van der Waals surface area contributed by atoms with E-state index in [1.807, 2.05) is 43.3 Å². The fourth-order valence-electron chi connectivity index (χ4n) is 1.60. The molecule has 0 radical (unpaired) electrons. The number of imidazole rings is 1. The summed E-state index contributed by atoms with van der Waals surface area (Å²) in [5, 5.41) is 8.59. The van der Waals surface area contributed by atoms with Crippen LogP contribution in [0, 0.1) is 11.3 Å². The number of nitrogens with one attached hydrogen (secondary N) is 1. The van der Waals surface area contributed by atoms with Gasteiger partial charge in [-0.15, -0.1) is 0 Å². The number of hydrogen-bond donors (Lipinski definition) is 1. The Morgan fingerprint density at radius 1 is 1.29 bits per heavy atom. The number of anilines is 1. The number of H-pyrrole nitrogens is 1. The Balaban J connectivity index is 2.24. The van der Waals surface area contributed by atoms with Crippen molar-refractivity contribution in [1.29, 1.82) is 5.26 Å². The van der Waals surface area contributed by atoms with Gasteiger partial charge in [0.15, 0.2) is 0 Å². The SMILES string of the molecule is CN(C)c1ccc(-c2ncc(CC#N)[nH]2)cc1. The minimum atomic E-state index is 0.364. The van der Waals surface area contributed by atoms with Crippen LogP contribution in [0.5, 0.6) is 0 Å². The lowest BCUT2D eigenvalue weighted by Gasteiger charge is -2.12. The molecule has 1 heterocycles. The Labute approximate surface area is 101 Å². The van der Waals surface area contributed by atoms with Crippen LogP contribution in [0.2, 0.25) is 0 Å². The van der Waals surface area contributed by atoms with Crippen molar-refractivity contribution in [3.05, 3.63) is 36.2 Å². The van der Waals surface area contributed by atoms with Gasteiger partial charge < -0.3 is 9.88 Å². The first-order valence-corrected chi connectivity index (χ1v) is 5.39. The molecule has 0 unspecified atom stereocenters. The maximum absolute atomic E-state index is 8.59. The Morgan fingerprint density at radius 3 is 2.59 bits per heavy atom.